The Bertz CT molecular complexity index is 1240. The standard InChI is InChI=1S/C27H21NO4/c1-7-22-24(31-14-29-22)11-16(1)9-18-3-5-20-13-21-6-4-19(27(21)28-26(18)20)10-17-2-8-23-25(12-17)32-15-30-23/h1-2,7-13H,3-6,14-15H2/b18-9-,19-10+. The van der Waals surface area contributed by atoms with Gasteiger partial charge in [0, 0.05) is 0 Å². The molecule has 0 spiro atoms. The van der Waals surface area contributed by atoms with Gasteiger partial charge in [0.1, 0.15) is 0 Å². The Morgan fingerprint density at radius 2 is 1.06 bits per heavy atom. The van der Waals surface area contributed by atoms with Crippen LogP contribution in [-0.2, 0) is 12.8 Å². The normalized spacial score (nSPS) is 19.6. The van der Waals surface area contributed by atoms with Crippen molar-refractivity contribution in [2.75, 3.05) is 13.6 Å². The van der Waals surface area contributed by atoms with Crippen LogP contribution in [0.3, 0.4) is 0 Å². The van der Waals surface area contributed by atoms with Gasteiger partial charge in [0.2, 0.25) is 13.6 Å². The van der Waals surface area contributed by atoms with E-state index in [1.807, 2.05) is 24.3 Å². The summed E-state index contributed by atoms with van der Waals surface area (Å²) in [6, 6.07) is 14.6. The summed E-state index contributed by atoms with van der Waals surface area (Å²) < 4.78 is 22.0. The zero-order valence-electron chi connectivity index (χ0n) is 17.5. The smallest absolute Gasteiger partial charge is 0.231 e. The van der Waals surface area contributed by atoms with Crippen molar-refractivity contribution in [3.63, 3.8) is 0 Å². The van der Waals surface area contributed by atoms with Crippen molar-refractivity contribution in [2.24, 2.45) is 0 Å². The summed E-state index contributed by atoms with van der Waals surface area (Å²) in [5, 5.41) is 0. The molecule has 4 aliphatic rings. The molecule has 5 nitrogen and oxygen atoms in total. The molecule has 0 fully saturated rings. The van der Waals surface area contributed by atoms with Crippen LogP contribution in [0.2, 0.25) is 0 Å². The van der Waals surface area contributed by atoms with Gasteiger partial charge in [-0.05, 0) is 95.5 Å². The van der Waals surface area contributed by atoms with E-state index in [2.05, 4.69) is 30.4 Å². The first kappa shape index (κ1) is 17.9. The van der Waals surface area contributed by atoms with Gasteiger partial charge < -0.3 is 18.9 Å². The summed E-state index contributed by atoms with van der Waals surface area (Å²) in [4.78, 5) is 5.19. The average Bonchev–Trinajstić information content (AvgIpc) is 3.59. The largest absolute Gasteiger partial charge is 0.454 e. The Morgan fingerprint density at radius 3 is 1.59 bits per heavy atom. The highest BCUT2D eigenvalue weighted by Gasteiger charge is 2.26. The van der Waals surface area contributed by atoms with Gasteiger partial charge in [-0.2, -0.15) is 0 Å². The van der Waals surface area contributed by atoms with Crippen molar-refractivity contribution in [2.45, 2.75) is 25.7 Å². The molecule has 5 heteroatoms. The van der Waals surface area contributed by atoms with E-state index in [4.69, 9.17) is 23.9 Å². The van der Waals surface area contributed by atoms with E-state index in [9.17, 15) is 0 Å². The highest BCUT2D eigenvalue weighted by Crippen LogP contribution is 2.41. The highest BCUT2D eigenvalue weighted by molar-refractivity contribution is 5.88. The monoisotopic (exact) mass is 423 g/mol. The number of ether oxygens (including phenoxy) is 4. The summed E-state index contributed by atoms with van der Waals surface area (Å²) in [6.45, 7) is 0.592. The predicted molar refractivity (Wildman–Crippen MR) is 122 cm³/mol. The molecule has 3 aromatic rings. The minimum atomic E-state index is 0.296. The molecule has 0 bridgehead atoms. The Morgan fingerprint density at radius 1 is 0.562 bits per heavy atom. The Balaban J connectivity index is 1.25. The third-order valence-electron chi connectivity index (χ3n) is 6.59. The van der Waals surface area contributed by atoms with Crippen LogP contribution >= 0.6 is 0 Å². The molecule has 0 radical (unpaired) electrons. The SMILES string of the molecule is C(=C1\CCc2cc3c(nc21)/C(=C/c1ccc2c(c1)OCO2)CC3)/c1ccc2c(c1)OCO2. The molecule has 3 heterocycles. The van der Waals surface area contributed by atoms with E-state index in [0.717, 1.165) is 71.2 Å². The lowest BCUT2D eigenvalue weighted by Crippen LogP contribution is -1.95. The molecular formula is C27H21NO4. The van der Waals surface area contributed by atoms with E-state index < -0.39 is 0 Å². The number of fused-ring (bicyclic) bond motifs is 4. The molecule has 2 aliphatic carbocycles. The molecule has 0 unspecified atom stereocenters. The van der Waals surface area contributed by atoms with Crippen molar-refractivity contribution in [1.82, 2.24) is 4.98 Å². The van der Waals surface area contributed by atoms with Gasteiger partial charge in [-0.25, -0.2) is 4.98 Å². The second-order valence-corrected chi connectivity index (χ2v) is 8.57. The topological polar surface area (TPSA) is 49.8 Å². The van der Waals surface area contributed by atoms with Crippen molar-refractivity contribution in [1.29, 1.82) is 0 Å². The summed E-state index contributed by atoms with van der Waals surface area (Å²) in [7, 11) is 0. The predicted octanol–water partition coefficient (Wildman–Crippen LogP) is 5.51. The van der Waals surface area contributed by atoms with Crippen LogP contribution in [-0.4, -0.2) is 18.6 Å². The maximum Gasteiger partial charge on any atom is 0.231 e. The van der Waals surface area contributed by atoms with Crippen molar-refractivity contribution in [3.8, 4) is 23.0 Å². The van der Waals surface area contributed by atoms with Gasteiger partial charge >= 0.3 is 0 Å². The van der Waals surface area contributed by atoms with Gasteiger partial charge in [-0.3, -0.25) is 0 Å². The number of allylic oxidation sites excluding steroid dienone is 2. The minimum absolute atomic E-state index is 0.296. The number of aryl methyl sites for hydroxylation is 2. The van der Waals surface area contributed by atoms with E-state index >= 15 is 0 Å². The Kier molecular flexibility index (Phi) is 3.85. The average molecular weight is 423 g/mol. The molecule has 158 valence electrons. The third-order valence-corrected chi connectivity index (χ3v) is 6.59. The summed E-state index contributed by atoms with van der Waals surface area (Å²) >= 11 is 0. The zero-order valence-corrected chi connectivity index (χ0v) is 17.5. The van der Waals surface area contributed by atoms with Crippen molar-refractivity contribution >= 4 is 23.3 Å². The van der Waals surface area contributed by atoms with Crippen LogP contribution in [0.25, 0.3) is 23.3 Å². The summed E-state index contributed by atoms with van der Waals surface area (Å²) in [5.74, 6) is 3.25. The molecule has 1 aromatic heterocycles. The molecule has 2 aromatic carbocycles. The molecule has 32 heavy (non-hydrogen) atoms. The number of hydrogen-bond donors (Lipinski definition) is 0. The molecule has 0 atom stereocenters. The molecule has 0 N–H and O–H groups in total. The second-order valence-electron chi connectivity index (χ2n) is 8.57. The van der Waals surface area contributed by atoms with Crippen molar-refractivity contribution < 1.29 is 18.9 Å². The fourth-order valence-corrected chi connectivity index (χ4v) is 5.00. The van der Waals surface area contributed by atoms with E-state index in [0.29, 0.717) is 13.6 Å². The summed E-state index contributed by atoms with van der Waals surface area (Å²) in [6.07, 6.45) is 8.61. The lowest BCUT2D eigenvalue weighted by Gasteiger charge is -2.07. The first-order valence-electron chi connectivity index (χ1n) is 11.0. The van der Waals surface area contributed by atoms with Crippen LogP contribution in [0.1, 0.15) is 46.5 Å². The first-order chi connectivity index (χ1) is 15.8. The maximum atomic E-state index is 5.54. The van der Waals surface area contributed by atoms with Gasteiger partial charge in [0.25, 0.3) is 0 Å². The molecule has 0 saturated carbocycles. The lowest BCUT2D eigenvalue weighted by atomic mass is 10.1. The molecule has 0 saturated heterocycles. The highest BCUT2D eigenvalue weighted by atomic mass is 16.7. The fraction of sp³-hybridized carbons (Fsp3) is 0.222. The fourth-order valence-electron chi connectivity index (χ4n) is 5.00. The van der Waals surface area contributed by atoms with E-state index in [1.54, 1.807) is 0 Å². The number of aromatic nitrogens is 1. The lowest BCUT2D eigenvalue weighted by molar-refractivity contribution is 0.173. The van der Waals surface area contributed by atoms with Crippen LogP contribution in [0.4, 0.5) is 0 Å². The van der Waals surface area contributed by atoms with Crippen LogP contribution in [0.5, 0.6) is 23.0 Å². The molecular weight excluding hydrogens is 402 g/mol. The number of pyridine rings is 1. The summed E-state index contributed by atoms with van der Waals surface area (Å²) in [5.41, 5.74) is 9.82. The van der Waals surface area contributed by atoms with Crippen LogP contribution in [0, 0.1) is 0 Å². The van der Waals surface area contributed by atoms with E-state index in [1.165, 1.54) is 22.3 Å². The van der Waals surface area contributed by atoms with E-state index in [-0.39, 0.29) is 0 Å². The molecule has 2 aliphatic heterocycles. The molecule has 0 amide bonds. The Labute approximate surface area is 185 Å². The minimum Gasteiger partial charge on any atom is -0.454 e. The zero-order chi connectivity index (χ0) is 21.1. The first-order valence-corrected chi connectivity index (χ1v) is 11.0. The number of nitrogens with zero attached hydrogens (tertiary/aromatic N) is 1. The van der Waals surface area contributed by atoms with Gasteiger partial charge in [-0.15, -0.1) is 0 Å². The molecule has 7 rings (SSSR count). The third kappa shape index (κ3) is 2.88. The van der Waals surface area contributed by atoms with Crippen LogP contribution in [0.15, 0.2) is 42.5 Å². The Hall–Kier alpha value is -3.73. The number of rotatable bonds is 2. The van der Waals surface area contributed by atoms with Crippen LogP contribution < -0.4 is 18.9 Å². The quantitative estimate of drug-likeness (QED) is 0.544. The van der Waals surface area contributed by atoms with Gasteiger partial charge in [0.15, 0.2) is 23.0 Å². The second kappa shape index (κ2) is 6.89. The van der Waals surface area contributed by atoms with Gasteiger partial charge in [0.05, 0.1) is 11.4 Å². The maximum absolute atomic E-state index is 5.54. The van der Waals surface area contributed by atoms with Crippen molar-refractivity contribution in [3.05, 3.63) is 76.1 Å². The van der Waals surface area contributed by atoms with Gasteiger partial charge in [-0.1, -0.05) is 18.2 Å². The number of hydrogen-bond acceptors (Lipinski definition) is 5. The number of benzene rings is 2.